The Morgan fingerprint density at radius 2 is 0.788 bits per heavy atom. The first-order chi connectivity index (χ1) is 25.4. The molecular weight excluding hydrogens is 652 g/mol. The zero-order valence-corrected chi connectivity index (χ0v) is 30.6. The highest BCUT2D eigenvalue weighted by molar-refractivity contribution is 6.05. The number of carbonyl (C=O) groups is 2. The topological polar surface area (TPSA) is 111 Å². The predicted molar refractivity (Wildman–Crippen MR) is 211 cm³/mol. The SMILES string of the molecule is CCCCCCCCOc1ccc(C(=O)Nc2ccc(-c3ccc(NC(=O)c4ccc(OCCCCCCCC)cc4)c(=O)cc3)ccc2=O)cc1. The van der Waals surface area contributed by atoms with E-state index in [0.29, 0.717) is 47.0 Å². The normalized spacial score (nSPS) is 10.7. The van der Waals surface area contributed by atoms with Crippen LogP contribution in [-0.2, 0) is 0 Å². The van der Waals surface area contributed by atoms with Crippen LogP contribution in [0.15, 0.2) is 107 Å². The summed E-state index contributed by atoms with van der Waals surface area (Å²) >= 11 is 0. The summed E-state index contributed by atoms with van der Waals surface area (Å²) in [4.78, 5) is 51.7. The van der Waals surface area contributed by atoms with Crippen LogP contribution >= 0.6 is 0 Å². The molecular formula is C44H52N2O6. The van der Waals surface area contributed by atoms with Gasteiger partial charge in [0.1, 0.15) is 11.5 Å². The van der Waals surface area contributed by atoms with E-state index in [1.54, 1.807) is 84.9 Å². The Hall–Kier alpha value is -5.24. The Labute approximate surface area is 307 Å². The van der Waals surface area contributed by atoms with Crippen LogP contribution in [0.3, 0.4) is 0 Å². The van der Waals surface area contributed by atoms with Crippen LogP contribution < -0.4 is 31.0 Å². The minimum Gasteiger partial charge on any atom is -0.494 e. The van der Waals surface area contributed by atoms with Crippen molar-refractivity contribution in [1.29, 1.82) is 0 Å². The lowest BCUT2D eigenvalue weighted by Crippen LogP contribution is -2.16. The van der Waals surface area contributed by atoms with E-state index in [1.165, 1.54) is 63.5 Å². The molecule has 0 aromatic heterocycles. The Morgan fingerprint density at radius 1 is 0.442 bits per heavy atom. The molecule has 4 rings (SSSR count). The van der Waals surface area contributed by atoms with Crippen molar-refractivity contribution in [3.63, 3.8) is 0 Å². The Kier molecular flexibility index (Phi) is 16.6. The number of carbonyl (C=O) groups excluding carboxylic acids is 2. The number of benzene rings is 2. The van der Waals surface area contributed by atoms with Crippen LogP contribution in [0, 0.1) is 0 Å². The van der Waals surface area contributed by atoms with Crippen LogP contribution in [0.25, 0.3) is 11.1 Å². The second kappa shape index (κ2) is 21.9. The predicted octanol–water partition coefficient (Wildman–Crippen LogP) is 10.1. The minimum absolute atomic E-state index is 0.122. The molecule has 8 nitrogen and oxygen atoms in total. The highest BCUT2D eigenvalue weighted by atomic mass is 16.5. The van der Waals surface area contributed by atoms with E-state index in [-0.39, 0.29) is 22.2 Å². The van der Waals surface area contributed by atoms with E-state index in [0.717, 1.165) is 25.7 Å². The molecule has 0 atom stereocenters. The van der Waals surface area contributed by atoms with E-state index in [9.17, 15) is 19.2 Å². The highest BCUT2D eigenvalue weighted by Crippen LogP contribution is 2.20. The number of anilines is 2. The summed E-state index contributed by atoms with van der Waals surface area (Å²) in [6.07, 6.45) is 14.2. The molecule has 274 valence electrons. The first-order valence-corrected chi connectivity index (χ1v) is 18.8. The summed E-state index contributed by atoms with van der Waals surface area (Å²) in [5.74, 6) is 0.572. The van der Waals surface area contributed by atoms with Gasteiger partial charge in [0.15, 0.2) is 0 Å². The van der Waals surface area contributed by atoms with E-state index in [1.807, 2.05) is 0 Å². The van der Waals surface area contributed by atoms with Gasteiger partial charge in [0, 0.05) is 11.1 Å². The smallest absolute Gasteiger partial charge is 0.255 e. The number of amides is 2. The molecule has 0 heterocycles. The third-order valence-electron chi connectivity index (χ3n) is 8.81. The van der Waals surface area contributed by atoms with Gasteiger partial charge < -0.3 is 20.1 Å². The van der Waals surface area contributed by atoms with E-state index in [2.05, 4.69) is 24.5 Å². The van der Waals surface area contributed by atoms with Crippen molar-refractivity contribution in [2.45, 2.75) is 90.9 Å². The van der Waals surface area contributed by atoms with Gasteiger partial charge in [-0.15, -0.1) is 0 Å². The van der Waals surface area contributed by atoms with Crippen LogP contribution in [0.5, 0.6) is 11.5 Å². The maximum atomic E-state index is 13.0. The molecule has 0 aliphatic heterocycles. The maximum absolute atomic E-state index is 13.0. The molecule has 0 saturated heterocycles. The van der Waals surface area contributed by atoms with Crippen molar-refractivity contribution in [3.8, 4) is 22.6 Å². The fourth-order valence-corrected chi connectivity index (χ4v) is 5.66. The van der Waals surface area contributed by atoms with E-state index < -0.39 is 11.8 Å². The molecule has 2 amide bonds. The Bertz CT molecular complexity index is 1700. The van der Waals surface area contributed by atoms with Crippen molar-refractivity contribution >= 4 is 23.2 Å². The largest absolute Gasteiger partial charge is 0.494 e. The van der Waals surface area contributed by atoms with Gasteiger partial charge in [-0.05, 0) is 96.8 Å². The molecule has 8 heteroatoms. The van der Waals surface area contributed by atoms with Gasteiger partial charge in [-0.3, -0.25) is 19.2 Å². The van der Waals surface area contributed by atoms with Crippen molar-refractivity contribution in [2.24, 2.45) is 0 Å². The van der Waals surface area contributed by atoms with E-state index >= 15 is 0 Å². The average molecular weight is 705 g/mol. The number of unbranched alkanes of at least 4 members (excludes halogenated alkanes) is 10. The summed E-state index contributed by atoms with van der Waals surface area (Å²) in [6.45, 7) is 5.68. The summed E-state index contributed by atoms with van der Waals surface area (Å²) in [6, 6.07) is 26.2. The van der Waals surface area contributed by atoms with Gasteiger partial charge in [-0.2, -0.15) is 0 Å². The fraction of sp³-hybridized carbons (Fsp3) is 0.364. The van der Waals surface area contributed by atoms with Crippen molar-refractivity contribution in [2.75, 3.05) is 23.8 Å². The molecule has 0 bridgehead atoms. The minimum atomic E-state index is -0.412. The van der Waals surface area contributed by atoms with Crippen LogP contribution in [0.4, 0.5) is 11.4 Å². The Morgan fingerprint density at radius 3 is 1.17 bits per heavy atom. The molecule has 52 heavy (non-hydrogen) atoms. The van der Waals surface area contributed by atoms with Crippen LogP contribution in [0.2, 0.25) is 0 Å². The fourth-order valence-electron chi connectivity index (χ4n) is 5.66. The zero-order chi connectivity index (χ0) is 37.0. The average Bonchev–Trinajstić information content (AvgIpc) is 3.45. The van der Waals surface area contributed by atoms with Crippen molar-refractivity contribution in [3.05, 3.63) is 129 Å². The van der Waals surface area contributed by atoms with Gasteiger partial charge in [0.2, 0.25) is 10.9 Å². The Balaban J connectivity index is 1.32. The lowest BCUT2D eigenvalue weighted by molar-refractivity contribution is 0.101. The summed E-state index contributed by atoms with van der Waals surface area (Å²) in [5, 5.41) is 5.42. The molecule has 2 N–H and O–H groups in total. The second-order valence-electron chi connectivity index (χ2n) is 13.0. The lowest BCUT2D eigenvalue weighted by Gasteiger charge is -2.08. The summed E-state index contributed by atoms with van der Waals surface area (Å²) in [7, 11) is 0. The molecule has 0 saturated carbocycles. The molecule has 0 spiro atoms. The number of hydrogen-bond donors (Lipinski definition) is 2. The zero-order valence-electron chi connectivity index (χ0n) is 30.6. The van der Waals surface area contributed by atoms with Gasteiger partial charge in [-0.25, -0.2) is 0 Å². The van der Waals surface area contributed by atoms with Crippen LogP contribution in [0.1, 0.15) is 112 Å². The number of nitrogens with one attached hydrogen (secondary N) is 2. The maximum Gasteiger partial charge on any atom is 0.255 e. The second-order valence-corrected chi connectivity index (χ2v) is 13.0. The number of hydrogen-bond acceptors (Lipinski definition) is 6. The molecule has 0 aliphatic rings. The van der Waals surface area contributed by atoms with E-state index in [4.69, 9.17) is 9.47 Å². The van der Waals surface area contributed by atoms with Gasteiger partial charge >= 0.3 is 0 Å². The lowest BCUT2D eigenvalue weighted by atomic mass is 10.1. The van der Waals surface area contributed by atoms with Crippen LogP contribution in [-0.4, -0.2) is 25.0 Å². The molecule has 0 radical (unpaired) electrons. The third kappa shape index (κ3) is 13.1. The monoisotopic (exact) mass is 704 g/mol. The summed E-state index contributed by atoms with van der Waals surface area (Å²) in [5.41, 5.74) is 1.61. The van der Waals surface area contributed by atoms with Gasteiger partial charge in [-0.1, -0.05) is 102 Å². The standard InChI is InChI=1S/C44H52N2O6/c1-3-5-7-9-11-13-31-51-37-23-15-35(16-24-37)43(49)45-39-27-19-33(21-29-41(39)47)34-20-28-40(42(48)30-22-34)46-44(50)36-17-25-38(26-18-36)52-32-14-12-10-8-6-4-2/h15-30H,3-14,31-32H2,1-2H3,(H,45,47,49)(H,46,48,50). The molecule has 0 fully saturated rings. The first-order valence-electron chi connectivity index (χ1n) is 18.8. The van der Waals surface area contributed by atoms with Crippen molar-refractivity contribution < 1.29 is 19.1 Å². The molecule has 4 aromatic carbocycles. The first kappa shape index (κ1) is 39.5. The summed E-state index contributed by atoms with van der Waals surface area (Å²) < 4.78 is 11.6. The number of ether oxygens (including phenoxy) is 2. The molecule has 0 unspecified atom stereocenters. The van der Waals surface area contributed by atoms with Crippen molar-refractivity contribution in [1.82, 2.24) is 0 Å². The molecule has 0 aliphatic carbocycles. The quantitative estimate of drug-likeness (QED) is 0.0836. The third-order valence-corrected chi connectivity index (χ3v) is 8.81. The highest BCUT2D eigenvalue weighted by Gasteiger charge is 2.11. The number of rotatable bonds is 21. The molecule has 4 aromatic rings. The van der Waals surface area contributed by atoms with Gasteiger partial charge in [0.25, 0.3) is 11.8 Å². The van der Waals surface area contributed by atoms with Gasteiger partial charge in [0.05, 0.1) is 24.6 Å².